The summed E-state index contributed by atoms with van der Waals surface area (Å²) in [5.41, 5.74) is 1.98. The Kier molecular flexibility index (Phi) is 6.96. The maximum absolute atomic E-state index is 12.4. The third-order valence-corrected chi connectivity index (χ3v) is 4.36. The van der Waals surface area contributed by atoms with Crippen molar-refractivity contribution in [2.75, 3.05) is 5.32 Å². The Balaban J connectivity index is 2.05. The van der Waals surface area contributed by atoms with Crippen molar-refractivity contribution in [1.29, 1.82) is 0 Å². The Morgan fingerprint density at radius 2 is 1.56 bits per heavy atom. The van der Waals surface area contributed by atoms with Crippen molar-refractivity contribution in [3.63, 3.8) is 0 Å². The lowest BCUT2D eigenvalue weighted by atomic mass is 10.0. The fourth-order valence-corrected chi connectivity index (χ4v) is 2.71. The fourth-order valence-electron chi connectivity index (χ4n) is 2.59. The molecule has 0 aliphatic heterocycles. The molecular formula is C20H21ClN2O4. The van der Waals surface area contributed by atoms with Crippen LogP contribution in [0.2, 0.25) is 5.02 Å². The van der Waals surface area contributed by atoms with Gasteiger partial charge in [0, 0.05) is 17.6 Å². The summed E-state index contributed by atoms with van der Waals surface area (Å²) in [5, 5.41) is 15.1. The van der Waals surface area contributed by atoms with Crippen LogP contribution in [-0.4, -0.2) is 22.9 Å². The average molecular weight is 389 g/mol. The van der Waals surface area contributed by atoms with Crippen LogP contribution in [0.3, 0.4) is 0 Å². The van der Waals surface area contributed by atoms with E-state index in [-0.39, 0.29) is 18.2 Å². The van der Waals surface area contributed by atoms with Crippen molar-refractivity contribution in [2.24, 2.45) is 0 Å². The topological polar surface area (TPSA) is 95.5 Å². The van der Waals surface area contributed by atoms with E-state index < -0.39 is 17.9 Å². The van der Waals surface area contributed by atoms with E-state index in [1.807, 2.05) is 0 Å². The smallest absolute Gasteiger partial charge is 0.310 e. The van der Waals surface area contributed by atoms with Gasteiger partial charge in [-0.3, -0.25) is 14.4 Å². The zero-order valence-electron chi connectivity index (χ0n) is 15.0. The summed E-state index contributed by atoms with van der Waals surface area (Å²) in [6, 6.07) is 13.1. The van der Waals surface area contributed by atoms with Gasteiger partial charge in [-0.05, 0) is 42.3 Å². The predicted octanol–water partition coefficient (Wildman–Crippen LogP) is 3.73. The maximum Gasteiger partial charge on any atom is 0.310 e. The van der Waals surface area contributed by atoms with Crippen LogP contribution in [0, 0.1) is 0 Å². The number of hydrogen-bond donors (Lipinski definition) is 3. The maximum atomic E-state index is 12.4. The molecule has 0 aromatic heterocycles. The first kappa shape index (κ1) is 20.5. The van der Waals surface area contributed by atoms with Gasteiger partial charge in [-0.2, -0.15) is 0 Å². The van der Waals surface area contributed by atoms with Crippen molar-refractivity contribution in [2.45, 2.75) is 32.2 Å². The number of aliphatic carboxylic acids is 1. The number of carboxylic acids is 1. The number of halogens is 1. The first-order valence-corrected chi connectivity index (χ1v) is 8.79. The monoisotopic (exact) mass is 388 g/mol. The molecule has 142 valence electrons. The normalized spacial score (nSPS) is 12.7. The number of anilines is 1. The zero-order valence-corrected chi connectivity index (χ0v) is 15.8. The Morgan fingerprint density at radius 1 is 1.00 bits per heavy atom. The quantitative estimate of drug-likeness (QED) is 0.673. The number of carbonyl (C=O) groups is 3. The van der Waals surface area contributed by atoms with Gasteiger partial charge in [-0.1, -0.05) is 35.9 Å². The van der Waals surface area contributed by atoms with Crippen LogP contribution in [0.5, 0.6) is 0 Å². The van der Waals surface area contributed by atoms with E-state index in [2.05, 4.69) is 10.6 Å². The second-order valence-corrected chi connectivity index (χ2v) is 6.68. The van der Waals surface area contributed by atoms with E-state index in [4.69, 9.17) is 16.7 Å². The minimum absolute atomic E-state index is 0.0501. The highest BCUT2D eigenvalue weighted by Gasteiger charge is 2.18. The van der Waals surface area contributed by atoms with Crippen molar-refractivity contribution in [3.05, 3.63) is 64.7 Å². The predicted molar refractivity (Wildman–Crippen MR) is 104 cm³/mol. The average Bonchev–Trinajstić information content (AvgIpc) is 2.61. The van der Waals surface area contributed by atoms with Crippen LogP contribution in [0.4, 0.5) is 5.69 Å². The van der Waals surface area contributed by atoms with Gasteiger partial charge in [0.25, 0.3) is 0 Å². The number of amides is 2. The van der Waals surface area contributed by atoms with Gasteiger partial charge in [-0.25, -0.2) is 0 Å². The van der Waals surface area contributed by atoms with Gasteiger partial charge in [-0.15, -0.1) is 0 Å². The number of nitrogens with one attached hydrogen (secondary N) is 2. The molecule has 0 saturated heterocycles. The second-order valence-electron chi connectivity index (χ2n) is 6.24. The fraction of sp³-hybridized carbons (Fsp3) is 0.250. The number of carbonyl (C=O) groups excluding carboxylic acids is 2. The molecule has 0 heterocycles. The number of hydrogen-bond acceptors (Lipinski definition) is 3. The van der Waals surface area contributed by atoms with Crippen molar-refractivity contribution >= 4 is 35.1 Å². The van der Waals surface area contributed by atoms with Crippen LogP contribution >= 0.6 is 11.6 Å². The Labute approximate surface area is 162 Å². The molecule has 6 nitrogen and oxygen atoms in total. The van der Waals surface area contributed by atoms with Crippen molar-refractivity contribution < 1.29 is 19.5 Å². The van der Waals surface area contributed by atoms with E-state index in [0.29, 0.717) is 16.3 Å². The first-order chi connectivity index (χ1) is 12.8. The van der Waals surface area contributed by atoms with Crippen LogP contribution in [-0.2, 0) is 14.4 Å². The minimum atomic E-state index is -0.909. The summed E-state index contributed by atoms with van der Waals surface area (Å²) < 4.78 is 0. The highest BCUT2D eigenvalue weighted by molar-refractivity contribution is 6.30. The number of benzene rings is 2. The zero-order chi connectivity index (χ0) is 20.0. The van der Waals surface area contributed by atoms with Gasteiger partial charge < -0.3 is 15.7 Å². The lowest BCUT2D eigenvalue weighted by Gasteiger charge is -2.18. The van der Waals surface area contributed by atoms with Crippen LogP contribution in [0.25, 0.3) is 0 Å². The molecule has 0 radical (unpaired) electrons. The third kappa shape index (κ3) is 6.11. The number of carboxylic acid groups (broad SMARTS) is 1. The molecule has 0 aliphatic carbocycles. The number of rotatable bonds is 7. The lowest BCUT2D eigenvalue weighted by Crippen LogP contribution is -2.29. The largest absolute Gasteiger partial charge is 0.481 e. The van der Waals surface area contributed by atoms with E-state index in [0.717, 1.165) is 5.56 Å². The molecule has 0 aliphatic rings. The summed E-state index contributed by atoms with van der Waals surface area (Å²) in [6.45, 7) is 2.99. The molecule has 3 N–H and O–H groups in total. The van der Waals surface area contributed by atoms with E-state index in [1.54, 1.807) is 55.5 Å². The molecule has 0 saturated carbocycles. The molecule has 7 heteroatoms. The van der Waals surface area contributed by atoms with E-state index >= 15 is 0 Å². The molecule has 0 spiro atoms. The molecule has 2 atom stereocenters. The minimum Gasteiger partial charge on any atom is -0.481 e. The summed E-state index contributed by atoms with van der Waals surface area (Å²) in [5.74, 6) is -2.05. The van der Waals surface area contributed by atoms with Gasteiger partial charge in [0.15, 0.2) is 0 Å². The SMILES string of the molecule is CC(=O)NC(CC(=O)Nc1ccc(C(C)C(=O)O)cc1)c1ccc(Cl)cc1. The van der Waals surface area contributed by atoms with Gasteiger partial charge in [0.1, 0.15) is 0 Å². The molecule has 2 rings (SSSR count). The summed E-state index contributed by atoms with van der Waals surface area (Å²) in [7, 11) is 0. The van der Waals surface area contributed by atoms with Crippen molar-refractivity contribution in [1.82, 2.24) is 5.32 Å². The highest BCUT2D eigenvalue weighted by atomic mass is 35.5. The Bertz CT molecular complexity index is 819. The molecule has 2 amide bonds. The first-order valence-electron chi connectivity index (χ1n) is 8.41. The van der Waals surface area contributed by atoms with Gasteiger partial charge in [0.2, 0.25) is 11.8 Å². The highest BCUT2D eigenvalue weighted by Crippen LogP contribution is 2.22. The molecule has 0 bridgehead atoms. The summed E-state index contributed by atoms with van der Waals surface area (Å²) in [4.78, 5) is 34.9. The van der Waals surface area contributed by atoms with Crippen LogP contribution in [0.15, 0.2) is 48.5 Å². The van der Waals surface area contributed by atoms with Crippen LogP contribution in [0.1, 0.15) is 43.4 Å². The Morgan fingerprint density at radius 3 is 2.07 bits per heavy atom. The molecule has 2 aromatic carbocycles. The molecule has 0 fully saturated rings. The van der Waals surface area contributed by atoms with E-state index in [1.165, 1.54) is 6.92 Å². The summed E-state index contributed by atoms with van der Waals surface area (Å²) in [6.07, 6.45) is 0.0501. The van der Waals surface area contributed by atoms with Crippen molar-refractivity contribution in [3.8, 4) is 0 Å². The van der Waals surface area contributed by atoms with Gasteiger partial charge in [0.05, 0.1) is 18.4 Å². The van der Waals surface area contributed by atoms with Crippen LogP contribution < -0.4 is 10.6 Å². The standard InChI is InChI=1S/C20H21ClN2O4/c1-12(20(26)27)14-5-9-17(10-6-14)23-19(25)11-18(22-13(2)24)15-3-7-16(21)8-4-15/h3-10,12,18H,11H2,1-2H3,(H,22,24)(H,23,25)(H,26,27). The molecule has 2 unspecified atom stereocenters. The second kappa shape index (κ2) is 9.19. The van der Waals surface area contributed by atoms with Gasteiger partial charge >= 0.3 is 5.97 Å². The molecule has 2 aromatic rings. The molecular weight excluding hydrogens is 368 g/mol. The Hall–Kier alpha value is -2.86. The lowest BCUT2D eigenvalue weighted by molar-refractivity contribution is -0.138. The van der Waals surface area contributed by atoms with E-state index in [9.17, 15) is 14.4 Å². The molecule has 27 heavy (non-hydrogen) atoms. The summed E-state index contributed by atoms with van der Waals surface area (Å²) >= 11 is 5.89. The third-order valence-electron chi connectivity index (χ3n) is 4.10.